The maximum Gasteiger partial charge on any atom is 0.296 e. The maximum absolute atomic E-state index is 12.7. The summed E-state index contributed by atoms with van der Waals surface area (Å²) in [5, 5.41) is 12.2. The summed E-state index contributed by atoms with van der Waals surface area (Å²) in [7, 11) is 0. The van der Waals surface area contributed by atoms with Gasteiger partial charge in [-0.15, -0.1) is 0 Å². The average molecular weight is 340 g/mol. The van der Waals surface area contributed by atoms with Crippen LogP contribution < -0.4 is 10.6 Å². The number of furan rings is 1. The lowest BCUT2D eigenvalue weighted by molar-refractivity contribution is -0.112. The topological polar surface area (TPSA) is 122 Å². The van der Waals surface area contributed by atoms with Crippen LogP contribution in [0.25, 0.3) is 0 Å². The van der Waals surface area contributed by atoms with Gasteiger partial charge < -0.3 is 15.0 Å². The van der Waals surface area contributed by atoms with Crippen molar-refractivity contribution in [1.82, 2.24) is 0 Å². The SMILES string of the molecule is Cc1cccc(C)c1N(CON=C(C#N)C(N)=O)C(=O)c1ccco1. The number of primary amides is 1. The van der Waals surface area contributed by atoms with Crippen LogP contribution in [0, 0.1) is 25.2 Å². The van der Waals surface area contributed by atoms with Gasteiger partial charge in [0.15, 0.2) is 12.5 Å². The third-order valence-corrected chi connectivity index (χ3v) is 3.37. The number of rotatable bonds is 6. The number of carbonyl (C=O) groups excluding carboxylic acids is 2. The summed E-state index contributed by atoms with van der Waals surface area (Å²) in [6, 6.07) is 10.2. The van der Waals surface area contributed by atoms with Gasteiger partial charge in [-0.1, -0.05) is 23.4 Å². The van der Waals surface area contributed by atoms with Crippen LogP contribution in [-0.2, 0) is 9.63 Å². The summed E-state index contributed by atoms with van der Waals surface area (Å²) < 4.78 is 5.16. The molecule has 0 aliphatic rings. The van der Waals surface area contributed by atoms with Crippen molar-refractivity contribution in [3.8, 4) is 6.07 Å². The van der Waals surface area contributed by atoms with Gasteiger partial charge in [-0.25, -0.2) is 0 Å². The zero-order chi connectivity index (χ0) is 18.4. The fourth-order valence-corrected chi connectivity index (χ4v) is 2.26. The van der Waals surface area contributed by atoms with Gasteiger partial charge in [0.05, 0.1) is 12.0 Å². The minimum Gasteiger partial charge on any atom is -0.459 e. The lowest BCUT2D eigenvalue weighted by Crippen LogP contribution is -2.34. The highest BCUT2D eigenvalue weighted by molar-refractivity contribution is 6.44. The van der Waals surface area contributed by atoms with E-state index in [-0.39, 0.29) is 12.5 Å². The van der Waals surface area contributed by atoms with Crippen LogP contribution in [-0.4, -0.2) is 24.3 Å². The number of nitrogens with zero attached hydrogens (tertiary/aromatic N) is 3. The molecule has 8 nitrogen and oxygen atoms in total. The van der Waals surface area contributed by atoms with Crippen molar-refractivity contribution in [2.24, 2.45) is 10.9 Å². The minimum atomic E-state index is -1.02. The lowest BCUT2D eigenvalue weighted by Gasteiger charge is -2.24. The van der Waals surface area contributed by atoms with Gasteiger partial charge in [0.2, 0.25) is 5.71 Å². The molecule has 1 aromatic carbocycles. The summed E-state index contributed by atoms with van der Waals surface area (Å²) >= 11 is 0. The molecule has 0 radical (unpaired) electrons. The Kier molecular flexibility index (Phi) is 5.53. The van der Waals surface area contributed by atoms with Gasteiger partial charge in [-0.2, -0.15) is 5.26 Å². The largest absolute Gasteiger partial charge is 0.459 e. The van der Waals surface area contributed by atoms with Crippen LogP contribution >= 0.6 is 0 Å². The number of hydrogen-bond donors (Lipinski definition) is 1. The van der Waals surface area contributed by atoms with Crippen molar-refractivity contribution in [1.29, 1.82) is 5.26 Å². The molecule has 0 unspecified atom stereocenters. The number of aryl methyl sites for hydroxylation is 2. The highest BCUT2D eigenvalue weighted by Crippen LogP contribution is 2.26. The van der Waals surface area contributed by atoms with Crippen molar-refractivity contribution in [2.75, 3.05) is 11.6 Å². The van der Waals surface area contributed by atoms with Crippen molar-refractivity contribution in [3.05, 3.63) is 53.5 Å². The summed E-state index contributed by atoms with van der Waals surface area (Å²) in [6.07, 6.45) is 1.38. The number of para-hydroxylation sites is 1. The molecule has 1 aromatic heterocycles. The van der Waals surface area contributed by atoms with Crippen LogP contribution in [0.1, 0.15) is 21.7 Å². The quantitative estimate of drug-likeness (QED) is 0.489. The molecule has 8 heteroatoms. The number of oxime groups is 1. The van der Waals surface area contributed by atoms with E-state index in [0.717, 1.165) is 11.1 Å². The second kappa shape index (κ2) is 7.79. The molecule has 0 saturated heterocycles. The number of nitrogens with two attached hydrogens (primary N) is 1. The first-order valence-corrected chi connectivity index (χ1v) is 7.27. The number of amides is 2. The summed E-state index contributed by atoms with van der Waals surface area (Å²) in [6.45, 7) is 3.36. The first-order chi connectivity index (χ1) is 12.0. The van der Waals surface area contributed by atoms with E-state index in [0.29, 0.717) is 5.69 Å². The van der Waals surface area contributed by atoms with Crippen molar-refractivity contribution < 1.29 is 18.8 Å². The highest BCUT2D eigenvalue weighted by atomic mass is 16.6. The predicted molar refractivity (Wildman–Crippen MR) is 89.6 cm³/mol. The Morgan fingerprint density at radius 2 is 1.96 bits per heavy atom. The fourth-order valence-electron chi connectivity index (χ4n) is 2.26. The molecule has 0 saturated carbocycles. The van der Waals surface area contributed by atoms with Crippen molar-refractivity contribution in [2.45, 2.75) is 13.8 Å². The third kappa shape index (κ3) is 4.03. The summed E-state index contributed by atoms with van der Waals surface area (Å²) in [4.78, 5) is 30.1. The molecule has 0 atom stereocenters. The zero-order valence-corrected chi connectivity index (χ0v) is 13.7. The van der Waals surface area contributed by atoms with Crippen LogP contribution in [0.15, 0.2) is 46.2 Å². The van der Waals surface area contributed by atoms with E-state index in [9.17, 15) is 9.59 Å². The Morgan fingerprint density at radius 3 is 2.48 bits per heavy atom. The molecular weight excluding hydrogens is 324 g/mol. The molecule has 0 aliphatic heterocycles. The first-order valence-electron chi connectivity index (χ1n) is 7.27. The van der Waals surface area contributed by atoms with Crippen LogP contribution in [0.3, 0.4) is 0 Å². The molecule has 0 fully saturated rings. The monoisotopic (exact) mass is 340 g/mol. The van der Waals surface area contributed by atoms with Crippen molar-refractivity contribution in [3.63, 3.8) is 0 Å². The Morgan fingerprint density at radius 1 is 1.28 bits per heavy atom. The molecule has 128 valence electrons. The number of nitriles is 1. The molecular formula is C17H16N4O4. The van der Waals surface area contributed by atoms with Gasteiger partial charge >= 0.3 is 0 Å². The van der Waals surface area contributed by atoms with Gasteiger partial charge in [0.25, 0.3) is 11.8 Å². The van der Waals surface area contributed by atoms with Gasteiger partial charge in [-0.05, 0) is 37.1 Å². The molecule has 2 aromatic rings. The Balaban J connectivity index is 2.35. The Hall–Kier alpha value is -3.60. The lowest BCUT2D eigenvalue weighted by atomic mass is 10.1. The predicted octanol–water partition coefficient (Wildman–Crippen LogP) is 1.88. The first kappa shape index (κ1) is 17.7. The van der Waals surface area contributed by atoms with Crippen LogP contribution in [0.4, 0.5) is 5.69 Å². The normalized spacial score (nSPS) is 10.8. The van der Waals surface area contributed by atoms with Crippen molar-refractivity contribution >= 4 is 23.2 Å². The third-order valence-electron chi connectivity index (χ3n) is 3.37. The van der Waals surface area contributed by atoms with Gasteiger partial charge in [-0.3, -0.25) is 14.5 Å². The number of hydrogen-bond acceptors (Lipinski definition) is 6. The highest BCUT2D eigenvalue weighted by Gasteiger charge is 2.23. The number of anilines is 1. The van der Waals surface area contributed by atoms with Crippen LogP contribution in [0.5, 0.6) is 0 Å². The van der Waals surface area contributed by atoms with Gasteiger partial charge in [0.1, 0.15) is 6.07 Å². The minimum absolute atomic E-state index is 0.116. The second-order valence-electron chi connectivity index (χ2n) is 5.13. The van der Waals surface area contributed by atoms with E-state index in [1.54, 1.807) is 6.07 Å². The van der Waals surface area contributed by atoms with E-state index in [2.05, 4.69) is 5.16 Å². The second-order valence-corrected chi connectivity index (χ2v) is 5.13. The Bertz CT molecular complexity index is 830. The smallest absolute Gasteiger partial charge is 0.296 e. The van der Waals surface area contributed by atoms with E-state index in [4.69, 9.17) is 20.3 Å². The molecule has 1 heterocycles. The molecule has 0 bridgehead atoms. The standard InChI is InChI=1S/C17H16N4O4/c1-11-5-3-6-12(2)15(11)21(17(23)14-7-4-8-24-14)10-25-20-13(9-18)16(19)22/h3-8H,10H2,1-2H3,(H2,19,22). The number of benzene rings is 1. The maximum atomic E-state index is 12.7. The van der Waals surface area contributed by atoms with E-state index in [1.165, 1.54) is 23.3 Å². The van der Waals surface area contributed by atoms with E-state index >= 15 is 0 Å². The van der Waals surface area contributed by atoms with Gasteiger partial charge in [0, 0.05) is 0 Å². The van der Waals surface area contributed by atoms with E-state index < -0.39 is 17.5 Å². The molecule has 0 aliphatic carbocycles. The number of carbonyl (C=O) groups is 2. The van der Waals surface area contributed by atoms with Crippen LogP contribution in [0.2, 0.25) is 0 Å². The molecule has 2 N–H and O–H groups in total. The molecule has 25 heavy (non-hydrogen) atoms. The molecule has 2 rings (SSSR count). The zero-order valence-electron chi connectivity index (χ0n) is 13.7. The fraction of sp³-hybridized carbons (Fsp3) is 0.176. The summed E-state index contributed by atoms with van der Waals surface area (Å²) in [5.74, 6) is -1.35. The average Bonchev–Trinajstić information content (AvgIpc) is 3.10. The Labute approximate surface area is 144 Å². The van der Waals surface area contributed by atoms with E-state index in [1.807, 2.05) is 32.0 Å². The molecule has 2 amide bonds. The molecule has 0 spiro atoms. The summed E-state index contributed by atoms with van der Waals surface area (Å²) in [5.41, 5.74) is 6.70.